The van der Waals surface area contributed by atoms with Crippen molar-refractivity contribution in [1.82, 2.24) is 4.98 Å². The van der Waals surface area contributed by atoms with Crippen molar-refractivity contribution < 1.29 is 14.6 Å². The van der Waals surface area contributed by atoms with Crippen LogP contribution < -0.4 is 10.1 Å². The molecule has 1 heterocycles. The molecule has 0 aliphatic carbocycles. The van der Waals surface area contributed by atoms with Gasteiger partial charge in [-0.25, -0.2) is 0 Å². The van der Waals surface area contributed by atoms with Crippen LogP contribution in [0.1, 0.15) is 16.1 Å². The summed E-state index contributed by atoms with van der Waals surface area (Å²) in [6, 6.07) is 7.97. The summed E-state index contributed by atoms with van der Waals surface area (Å²) in [5.74, 6) is -0.00166. The molecule has 1 amide bonds. The third-order valence-electron chi connectivity index (χ3n) is 2.70. The lowest BCUT2D eigenvalue weighted by Crippen LogP contribution is -2.13. The molecule has 5 nitrogen and oxygen atoms in total. The molecule has 0 unspecified atom stereocenters. The molecule has 0 spiro atoms. The largest absolute Gasteiger partial charge is 0.507 e. The summed E-state index contributed by atoms with van der Waals surface area (Å²) in [5, 5.41) is 12.4. The van der Waals surface area contributed by atoms with Crippen molar-refractivity contribution in [2.75, 3.05) is 12.4 Å². The number of nitrogens with zero attached hydrogens (tertiary/aromatic N) is 1. The maximum atomic E-state index is 12.1. The van der Waals surface area contributed by atoms with Gasteiger partial charge in [0.15, 0.2) is 0 Å². The Balaban J connectivity index is 2.28. The molecule has 0 aliphatic rings. The molecule has 0 radical (unpaired) electrons. The highest BCUT2D eigenvalue weighted by Crippen LogP contribution is 2.24. The van der Waals surface area contributed by atoms with Crippen LogP contribution in [0, 0.1) is 6.92 Å². The molecule has 0 fully saturated rings. The molecular weight excluding hydrogens is 244 g/mol. The second-order valence-corrected chi connectivity index (χ2v) is 3.97. The molecule has 1 aromatic carbocycles. The second kappa shape index (κ2) is 5.39. The molecule has 2 aromatic rings. The highest BCUT2D eigenvalue weighted by Gasteiger charge is 2.13. The number of carbonyl (C=O) groups is 1. The lowest BCUT2D eigenvalue weighted by Gasteiger charge is -2.09. The zero-order valence-corrected chi connectivity index (χ0v) is 10.7. The number of anilines is 1. The van der Waals surface area contributed by atoms with E-state index in [-0.39, 0.29) is 11.3 Å². The van der Waals surface area contributed by atoms with E-state index >= 15 is 0 Å². The monoisotopic (exact) mass is 258 g/mol. The van der Waals surface area contributed by atoms with Gasteiger partial charge in [-0.1, -0.05) is 0 Å². The molecule has 0 saturated heterocycles. The molecule has 0 bridgehead atoms. The third kappa shape index (κ3) is 2.82. The standard InChI is InChI=1S/C14H14N2O3/c1-9-12(4-3-7-15-9)16-14(18)11-8-10(19-2)5-6-13(11)17/h3-8,17H,1-2H3,(H,16,18). The summed E-state index contributed by atoms with van der Waals surface area (Å²) in [6.45, 7) is 1.79. The molecular formula is C14H14N2O3. The third-order valence-corrected chi connectivity index (χ3v) is 2.70. The minimum atomic E-state index is -0.410. The number of aromatic hydroxyl groups is 1. The second-order valence-electron chi connectivity index (χ2n) is 3.97. The van der Waals surface area contributed by atoms with Gasteiger partial charge in [-0.3, -0.25) is 9.78 Å². The van der Waals surface area contributed by atoms with Gasteiger partial charge >= 0.3 is 0 Å². The number of ether oxygens (including phenoxy) is 1. The maximum Gasteiger partial charge on any atom is 0.259 e. The first-order valence-corrected chi connectivity index (χ1v) is 5.72. The van der Waals surface area contributed by atoms with Crippen molar-refractivity contribution in [3.63, 3.8) is 0 Å². The predicted octanol–water partition coefficient (Wildman–Crippen LogP) is 2.36. The van der Waals surface area contributed by atoms with Crippen molar-refractivity contribution in [2.45, 2.75) is 6.92 Å². The van der Waals surface area contributed by atoms with Gasteiger partial charge in [0.1, 0.15) is 11.5 Å². The molecule has 2 N–H and O–H groups in total. The van der Waals surface area contributed by atoms with E-state index in [2.05, 4.69) is 10.3 Å². The van der Waals surface area contributed by atoms with Gasteiger partial charge < -0.3 is 15.2 Å². The van der Waals surface area contributed by atoms with E-state index in [1.807, 2.05) is 0 Å². The molecule has 2 rings (SSSR count). The molecule has 0 saturated carbocycles. The number of hydrogen-bond donors (Lipinski definition) is 2. The van der Waals surface area contributed by atoms with Crippen molar-refractivity contribution in [3.8, 4) is 11.5 Å². The fraction of sp³-hybridized carbons (Fsp3) is 0.143. The topological polar surface area (TPSA) is 71.5 Å². The predicted molar refractivity (Wildman–Crippen MR) is 71.6 cm³/mol. The van der Waals surface area contributed by atoms with Gasteiger partial charge in [-0.15, -0.1) is 0 Å². The molecule has 19 heavy (non-hydrogen) atoms. The van der Waals surface area contributed by atoms with Crippen LogP contribution in [0.3, 0.4) is 0 Å². The summed E-state index contributed by atoms with van der Waals surface area (Å²) in [7, 11) is 1.50. The minimum absolute atomic E-state index is 0.0974. The van der Waals surface area contributed by atoms with Crippen molar-refractivity contribution in [1.29, 1.82) is 0 Å². The summed E-state index contributed by atoms with van der Waals surface area (Å²) in [5.41, 5.74) is 1.47. The maximum absolute atomic E-state index is 12.1. The zero-order chi connectivity index (χ0) is 13.8. The van der Waals surface area contributed by atoms with Crippen LogP contribution >= 0.6 is 0 Å². The molecule has 98 valence electrons. The zero-order valence-electron chi connectivity index (χ0n) is 10.7. The van der Waals surface area contributed by atoms with E-state index in [1.165, 1.54) is 19.2 Å². The van der Waals surface area contributed by atoms with Gasteiger partial charge in [0.05, 0.1) is 24.1 Å². The Bertz CT molecular complexity index is 611. The summed E-state index contributed by atoms with van der Waals surface area (Å²) >= 11 is 0. The fourth-order valence-electron chi connectivity index (χ4n) is 1.63. The van der Waals surface area contributed by atoms with Crippen LogP contribution in [-0.2, 0) is 0 Å². The Morgan fingerprint density at radius 2 is 2.16 bits per heavy atom. The van der Waals surface area contributed by atoms with E-state index < -0.39 is 5.91 Å². The Morgan fingerprint density at radius 3 is 2.84 bits per heavy atom. The summed E-state index contributed by atoms with van der Waals surface area (Å²) < 4.78 is 5.03. The lowest BCUT2D eigenvalue weighted by atomic mass is 10.1. The normalized spacial score (nSPS) is 10.0. The van der Waals surface area contributed by atoms with E-state index in [0.717, 1.165) is 0 Å². The van der Waals surface area contributed by atoms with Crippen LogP contribution in [-0.4, -0.2) is 23.1 Å². The Kier molecular flexibility index (Phi) is 3.66. The first-order chi connectivity index (χ1) is 9.11. The number of aromatic nitrogens is 1. The van der Waals surface area contributed by atoms with E-state index in [4.69, 9.17) is 4.74 Å². The fourth-order valence-corrected chi connectivity index (χ4v) is 1.63. The number of carbonyl (C=O) groups excluding carboxylic acids is 1. The first-order valence-electron chi connectivity index (χ1n) is 5.72. The number of phenols is 1. The van der Waals surface area contributed by atoms with Crippen molar-refractivity contribution in [2.24, 2.45) is 0 Å². The van der Waals surface area contributed by atoms with Gasteiger partial charge in [0.25, 0.3) is 5.91 Å². The van der Waals surface area contributed by atoms with E-state index in [1.54, 1.807) is 31.3 Å². The van der Waals surface area contributed by atoms with E-state index in [0.29, 0.717) is 17.1 Å². The van der Waals surface area contributed by atoms with Gasteiger partial charge in [-0.05, 0) is 37.3 Å². The first kappa shape index (κ1) is 12.9. The minimum Gasteiger partial charge on any atom is -0.507 e. The molecule has 0 atom stereocenters. The number of hydrogen-bond acceptors (Lipinski definition) is 4. The number of aryl methyl sites for hydroxylation is 1. The number of methoxy groups -OCH3 is 1. The highest BCUT2D eigenvalue weighted by molar-refractivity contribution is 6.06. The quantitative estimate of drug-likeness (QED) is 0.886. The number of pyridine rings is 1. The molecule has 5 heteroatoms. The van der Waals surface area contributed by atoms with Gasteiger partial charge in [0.2, 0.25) is 0 Å². The number of phenolic OH excluding ortho intramolecular Hbond substituents is 1. The average Bonchev–Trinajstić information content (AvgIpc) is 2.42. The summed E-state index contributed by atoms with van der Waals surface area (Å²) in [6.07, 6.45) is 1.65. The number of benzene rings is 1. The van der Waals surface area contributed by atoms with Crippen LogP contribution in [0.2, 0.25) is 0 Å². The van der Waals surface area contributed by atoms with E-state index in [9.17, 15) is 9.90 Å². The Morgan fingerprint density at radius 1 is 1.37 bits per heavy atom. The SMILES string of the molecule is COc1ccc(O)c(C(=O)Nc2cccnc2C)c1. The van der Waals surface area contributed by atoms with Crippen LogP contribution in [0.4, 0.5) is 5.69 Å². The van der Waals surface area contributed by atoms with Crippen LogP contribution in [0.25, 0.3) is 0 Å². The van der Waals surface area contributed by atoms with Crippen LogP contribution in [0.5, 0.6) is 11.5 Å². The lowest BCUT2D eigenvalue weighted by molar-refractivity contribution is 0.102. The van der Waals surface area contributed by atoms with Crippen LogP contribution in [0.15, 0.2) is 36.5 Å². The molecule has 0 aliphatic heterocycles. The van der Waals surface area contributed by atoms with Gasteiger partial charge in [0, 0.05) is 6.20 Å². The Labute approximate surface area is 110 Å². The number of nitrogens with one attached hydrogen (secondary N) is 1. The molecule has 1 aromatic heterocycles. The highest BCUT2D eigenvalue weighted by atomic mass is 16.5. The number of amides is 1. The van der Waals surface area contributed by atoms with Gasteiger partial charge in [-0.2, -0.15) is 0 Å². The number of rotatable bonds is 3. The Hall–Kier alpha value is -2.56. The summed E-state index contributed by atoms with van der Waals surface area (Å²) in [4.78, 5) is 16.2. The average molecular weight is 258 g/mol. The van der Waals surface area contributed by atoms with Crippen molar-refractivity contribution >= 4 is 11.6 Å². The van der Waals surface area contributed by atoms with Crippen molar-refractivity contribution in [3.05, 3.63) is 47.8 Å². The smallest absolute Gasteiger partial charge is 0.259 e.